The summed E-state index contributed by atoms with van der Waals surface area (Å²) in [7, 11) is 0. The Labute approximate surface area is 164 Å². The third kappa shape index (κ3) is 4.71. The lowest BCUT2D eigenvalue weighted by Crippen LogP contribution is -2.12. The number of esters is 1. The van der Waals surface area contributed by atoms with Crippen molar-refractivity contribution in [2.75, 3.05) is 19.8 Å². The quantitative estimate of drug-likeness (QED) is 0.265. The van der Waals surface area contributed by atoms with Gasteiger partial charge in [0.25, 0.3) is 0 Å². The van der Waals surface area contributed by atoms with Crippen molar-refractivity contribution in [3.63, 3.8) is 0 Å². The Morgan fingerprint density at radius 1 is 0.893 bits per heavy atom. The monoisotopic (exact) mass is 384 g/mol. The lowest BCUT2D eigenvalue weighted by Gasteiger charge is -2.20. The number of rotatable bonds is 10. The molecule has 2 aromatic rings. The van der Waals surface area contributed by atoms with Crippen LogP contribution in [0.1, 0.15) is 36.7 Å². The molecule has 0 aliphatic heterocycles. The lowest BCUT2D eigenvalue weighted by molar-refractivity contribution is -0.129. The zero-order chi connectivity index (χ0) is 20.5. The maximum Gasteiger partial charge on any atom is 0.335 e. The summed E-state index contributed by atoms with van der Waals surface area (Å²) in [4.78, 5) is 25.0. The SMILES string of the molecule is C=CC(=O)Oc1cc(C(=O)c2ccccc2)c(OCC)c(OCC)c1OCC. The van der Waals surface area contributed by atoms with Gasteiger partial charge in [-0.15, -0.1) is 0 Å². The van der Waals surface area contributed by atoms with Gasteiger partial charge in [0.05, 0.1) is 25.4 Å². The molecule has 0 heterocycles. The highest BCUT2D eigenvalue weighted by Crippen LogP contribution is 2.48. The normalized spacial score (nSPS) is 10.1. The van der Waals surface area contributed by atoms with Crippen molar-refractivity contribution in [3.05, 3.63) is 60.2 Å². The largest absolute Gasteiger partial charge is 0.489 e. The molecule has 0 bridgehead atoms. The van der Waals surface area contributed by atoms with E-state index in [1.54, 1.807) is 45.0 Å². The highest BCUT2D eigenvalue weighted by molar-refractivity contribution is 6.12. The summed E-state index contributed by atoms with van der Waals surface area (Å²) in [5.74, 6) is -0.222. The number of ketones is 1. The van der Waals surface area contributed by atoms with Crippen molar-refractivity contribution in [3.8, 4) is 23.0 Å². The average Bonchev–Trinajstić information content (AvgIpc) is 2.72. The highest BCUT2D eigenvalue weighted by atomic mass is 16.6. The Morgan fingerprint density at radius 2 is 1.46 bits per heavy atom. The fourth-order valence-electron chi connectivity index (χ4n) is 2.58. The van der Waals surface area contributed by atoms with Crippen molar-refractivity contribution in [2.24, 2.45) is 0 Å². The Hall–Kier alpha value is -3.28. The molecule has 148 valence electrons. The van der Waals surface area contributed by atoms with Crippen molar-refractivity contribution >= 4 is 11.8 Å². The molecule has 28 heavy (non-hydrogen) atoms. The average molecular weight is 384 g/mol. The first-order valence-electron chi connectivity index (χ1n) is 9.10. The third-order valence-corrected chi connectivity index (χ3v) is 3.68. The Bertz CT molecular complexity index is 842. The number of benzene rings is 2. The summed E-state index contributed by atoms with van der Waals surface area (Å²) in [6.07, 6.45) is 1.03. The van der Waals surface area contributed by atoms with E-state index in [9.17, 15) is 9.59 Å². The molecule has 0 saturated heterocycles. The van der Waals surface area contributed by atoms with E-state index in [0.717, 1.165) is 6.08 Å². The van der Waals surface area contributed by atoms with Crippen LogP contribution < -0.4 is 18.9 Å². The summed E-state index contributed by atoms with van der Waals surface area (Å²) >= 11 is 0. The topological polar surface area (TPSA) is 71.1 Å². The molecule has 0 aliphatic carbocycles. The van der Waals surface area contributed by atoms with Gasteiger partial charge in [-0.25, -0.2) is 4.79 Å². The number of hydrogen-bond acceptors (Lipinski definition) is 6. The van der Waals surface area contributed by atoms with Gasteiger partial charge in [0.2, 0.25) is 11.5 Å². The minimum Gasteiger partial charge on any atom is -0.489 e. The van der Waals surface area contributed by atoms with Crippen LogP contribution in [0, 0.1) is 0 Å². The van der Waals surface area contributed by atoms with Gasteiger partial charge in [-0.1, -0.05) is 36.9 Å². The molecule has 2 aromatic carbocycles. The highest BCUT2D eigenvalue weighted by Gasteiger charge is 2.28. The summed E-state index contributed by atoms with van der Waals surface area (Å²) in [5, 5.41) is 0. The first-order valence-corrected chi connectivity index (χ1v) is 9.10. The molecule has 0 aliphatic rings. The molecule has 0 amide bonds. The van der Waals surface area contributed by atoms with Crippen LogP contribution in [-0.4, -0.2) is 31.6 Å². The Kier molecular flexibility index (Phi) is 7.63. The van der Waals surface area contributed by atoms with E-state index in [1.165, 1.54) is 6.07 Å². The van der Waals surface area contributed by atoms with Crippen LogP contribution in [0.4, 0.5) is 0 Å². The fraction of sp³-hybridized carbons (Fsp3) is 0.273. The van der Waals surface area contributed by atoms with Crippen LogP contribution in [0.2, 0.25) is 0 Å². The molecular weight excluding hydrogens is 360 g/mol. The Balaban J connectivity index is 2.75. The molecule has 0 aromatic heterocycles. The van der Waals surface area contributed by atoms with Gasteiger partial charge < -0.3 is 18.9 Å². The van der Waals surface area contributed by atoms with Crippen LogP contribution >= 0.6 is 0 Å². The smallest absolute Gasteiger partial charge is 0.335 e. The molecule has 6 nitrogen and oxygen atoms in total. The lowest BCUT2D eigenvalue weighted by atomic mass is 10.0. The molecule has 6 heteroatoms. The number of ether oxygens (including phenoxy) is 4. The molecule has 0 saturated carbocycles. The second-order valence-electron chi connectivity index (χ2n) is 5.53. The summed E-state index contributed by atoms with van der Waals surface area (Å²) in [6, 6.07) is 10.2. The second kappa shape index (κ2) is 10.2. The van der Waals surface area contributed by atoms with E-state index in [2.05, 4.69) is 6.58 Å². The van der Waals surface area contributed by atoms with Gasteiger partial charge in [0.15, 0.2) is 17.3 Å². The zero-order valence-electron chi connectivity index (χ0n) is 16.3. The minimum atomic E-state index is -0.675. The molecule has 2 rings (SSSR count). The molecule has 0 spiro atoms. The van der Waals surface area contributed by atoms with Crippen molar-refractivity contribution in [1.82, 2.24) is 0 Å². The van der Waals surface area contributed by atoms with Crippen molar-refractivity contribution in [1.29, 1.82) is 0 Å². The van der Waals surface area contributed by atoms with Crippen LogP contribution in [0.25, 0.3) is 0 Å². The first kappa shape index (κ1) is 21.0. The standard InChI is InChI=1S/C22H24O6/c1-5-18(23)28-17-14-16(19(24)15-12-10-9-11-13-15)20(25-6-2)22(27-8-4)21(17)26-7-3/h5,9-14H,1,6-8H2,2-4H3. The third-order valence-electron chi connectivity index (χ3n) is 3.68. The van der Waals surface area contributed by atoms with Crippen molar-refractivity contribution < 1.29 is 28.5 Å². The van der Waals surface area contributed by atoms with Gasteiger partial charge >= 0.3 is 5.97 Å². The maximum atomic E-state index is 13.1. The predicted molar refractivity (Wildman–Crippen MR) is 106 cm³/mol. The van der Waals surface area contributed by atoms with E-state index in [4.69, 9.17) is 18.9 Å². The van der Waals surface area contributed by atoms with Crippen LogP contribution in [0.15, 0.2) is 49.1 Å². The Morgan fingerprint density at radius 3 is 2.04 bits per heavy atom. The van der Waals surface area contributed by atoms with E-state index in [1.807, 2.05) is 6.07 Å². The van der Waals surface area contributed by atoms with Gasteiger partial charge in [-0.3, -0.25) is 4.79 Å². The molecule has 0 atom stereocenters. The number of carbonyl (C=O) groups excluding carboxylic acids is 2. The molecule has 0 fully saturated rings. The van der Waals surface area contributed by atoms with Gasteiger partial charge in [0, 0.05) is 11.6 Å². The maximum absolute atomic E-state index is 13.1. The second-order valence-corrected chi connectivity index (χ2v) is 5.53. The van der Waals surface area contributed by atoms with Crippen LogP contribution in [0.5, 0.6) is 23.0 Å². The van der Waals surface area contributed by atoms with E-state index < -0.39 is 5.97 Å². The fourth-order valence-corrected chi connectivity index (χ4v) is 2.58. The van der Waals surface area contributed by atoms with E-state index in [0.29, 0.717) is 25.4 Å². The number of carbonyl (C=O) groups is 2. The van der Waals surface area contributed by atoms with Gasteiger partial charge in [-0.2, -0.15) is 0 Å². The molecule has 0 N–H and O–H groups in total. The molecule has 0 radical (unpaired) electrons. The van der Waals surface area contributed by atoms with E-state index >= 15 is 0 Å². The summed E-state index contributed by atoms with van der Waals surface area (Å²) in [5.41, 5.74) is 0.683. The predicted octanol–water partition coefficient (Wildman–Crippen LogP) is 4.21. The van der Waals surface area contributed by atoms with Crippen LogP contribution in [-0.2, 0) is 4.79 Å². The zero-order valence-corrected chi connectivity index (χ0v) is 16.3. The summed E-state index contributed by atoms with van der Waals surface area (Å²) in [6.45, 7) is 9.71. The van der Waals surface area contributed by atoms with E-state index in [-0.39, 0.29) is 34.3 Å². The van der Waals surface area contributed by atoms with Gasteiger partial charge in [0.1, 0.15) is 0 Å². The molecular formula is C22H24O6. The van der Waals surface area contributed by atoms with Crippen LogP contribution in [0.3, 0.4) is 0 Å². The minimum absolute atomic E-state index is 0.0675. The number of hydrogen-bond donors (Lipinski definition) is 0. The van der Waals surface area contributed by atoms with Crippen molar-refractivity contribution in [2.45, 2.75) is 20.8 Å². The molecule has 0 unspecified atom stereocenters. The first-order chi connectivity index (χ1) is 13.6. The van der Waals surface area contributed by atoms with Gasteiger partial charge in [-0.05, 0) is 26.8 Å². The summed E-state index contributed by atoms with van der Waals surface area (Å²) < 4.78 is 22.5.